The van der Waals surface area contributed by atoms with Crippen molar-refractivity contribution in [3.63, 3.8) is 0 Å². The van der Waals surface area contributed by atoms with Crippen molar-refractivity contribution in [3.8, 4) is 0 Å². The summed E-state index contributed by atoms with van der Waals surface area (Å²) >= 11 is 1.91. The van der Waals surface area contributed by atoms with Crippen LogP contribution in [0.15, 0.2) is 24.3 Å². The molecule has 0 spiro atoms. The summed E-state index contributed by atoms with van der Waals surface area (Å²) < 4.78 is 13.2. The molecule has 1 saturated heterocycles. The zero-order chi connectivity index (χ0) is 15.8. The molecule has 1 aromatic rings. The highest BCUT2D eigenvalue weighted by molar-refractivity contribution is 7.99. The van der Waals surface area contributed by atoms with Crippen LogP contribution in [-0.4, -0.2) is 48.0 Å². The van der Waals surface area contributed by atoms with Gasteiger partial charge in [0.2, 0.25) is 5.91 Å². The molecule has 1 aliphatic heterocycles. The minimum Gasteiger partial charge on any atom is -0.342 e. The molecule has 1 aliphatic rings. The number of thioether (sulfide) groups is 1. The summed E-state index contributed by atoms with van der Waals surface area (Å²) in [5, 5.41) is 3.41. The van der Waals surface area contributed by atoms with Crippen molar-refractivity contribution in [2.75, 3.05) is 31.1 Å². The van der Waals surface area contributed by atoms with E-state index in [0.717, 1.165) is 36.6 Å². The first kappa shape index (κ1) is 20.3. The summed E-state index contributed by atoms with van der Waals surface area (Å²) in [6, 6.07) is 6.93. The molecule has 2 rings (SSSR count). The molecule has 1 N–H and O–H groups in total. The van der Waals surface area contributed by atoms with Crippen molar-refractivity contribution in [2.45, 2.75) is 32.2 Å². The van der Waals surface area contributed by atoms with Crippen molar-refractivity contribution in [2.24, 2.45) is 0 Å². The zero-order valence-corrected chi connectivity index (χ0v) is 15.2. The Balaban J connectivity index is 0.00000264. The number of hydrogen-bond acceptors (Lipinski definition) is 3. The van der Waals surface area contributed by atoms with E-state index in [4.69, 9.17) is 0 Å². The molecule has 0 radical (unpaired) electrons. The third kappa shape index (κ3) is 7.10. The normalized spacial score (nSPS) is 17.4. The standard InChI is InChI=1S/C17H25FN2OS.ClH/c1-2-8-20(9-6-14-4-3-5-15(18)11-14)17(21)12-16-13-22-10-7-19-16;/h3-5,11,16,19H,2,6-10,12-13H2,1H3;1H. The maximum absolute atomic E-state index is 13.2. The van der Waals surface area contributed by atoms with Crippen LogP contribution in [0.25, 0.3) is 0 Å². The Hall–Kier alpha value is -0.780. The fourth-order valence-electron chi connectivity index (χ4n) is 2.68. The molecule has 1 unspecified atom stereocenters. The number of hydrogen-bond donors (Lipinski definition) is 1. The summed E-state index contributed by atoms with van der Waals surface area (Å²) in [7, 11) is 0. The minimum absolute atomic E-state index is 0. The molecule has 23 heavy (non-hydrogen) atoms. The van der Waals surface area contributed by atoms with Gasteiger partial charge in [-0.15, -0.1) is 12.4 Å². The lowest BCUT2D eigenvalue weighted by Gasteiger charge is -2.27. The predicted octanol–water partition coefficient (Wildman–Crippen LogP) is 3.12. The summed E-state index contributed by atoms with van der Waals surface area (Å²) in [5.74, 6) is 2.13. The molecule has 0 aromatic heterocycles. The minimum atomic E-state index is -0.214. The van der Waals surface area contributed by atoms with Crippen molar-refractivity contribution in [1.29, 1.82) is 0 Å². The molecule has 1 atom stereocenters. The summed E-state index contributed by atoms with van der Waals surface area (Å²) in [6.07, 6.45) is 2.22. The molecule has 1 heterocycles. The highest BCUT2D eigenvalue weighted by Crippen LogP contribution is 2.12. The number of carbonyl (C=O) groups is 1. The maximum Gasteiger partial charge on any atom is 0.224 e. The topological polar surface area (TPSA) is 32.3 Å². The van der Waals surface area contributed by atoms with Crippen LogP contribution >= 0.6 is 24.2 Å². The van der Waals surface area contributed by atoms with E-state index >= 15 is 0 Å². The van der Waals surface area contributed by atoms with Crippen LogP contribution < -0.4 is 5.32 Å². The molecular weight excluding hydrogens is 335 g/mol. The number of amides is 1. The number of nitrogens with zero attached hydrogens (tertiary/aromatic N) is 1. The van der Waals surface area contributed by atoms with Crippen LogP contribution in [-0.2, 0) is 11.2 Å². The first-order chi connectivity index (χ1) is 10.7. The Morgan fingerprint density at radius 2 is 2.26 bits per heavy atom. The Labute approximate surface area is 148 Å². The van der Waals surface area contributed by atoms with E-state index in [1.54, 1.807) is 12.1 Å². The third-order valence-corrected chi connectivity index (χ3v) is 4.96. The molecule has 1 aromatic carbocycles. The summed E-state index contributed by atoms with van der Waals surface area (Å²) in [6.45, 7) is 4.50. The molecule has 1 amide bonds. The highest BCUT2D eigenvalue weighted by Gasteiger charge is 2.20. The average molecular weight is 361 g/mol. The van der Waals surface area contributed by atoms with Gasteiger partial charge in [0.15, 0.2) is 0 Å². The second kappa shape index (κ2) is 10.9. The molecule has 130 valence electrons. The monoisotopic (exact) mass is 360 g/mol. The number of rotatable bonds is 7. The first-order valence-corrected chi connectivity index (χ1v) is 9.18. The van der Waals surface area contributed by atoms with Gasteiger partial charge in [-0.3, -0.25) is 4.79 Å². The van der Waals surface area contributed by atoms with E-state index in [0.29, 0.717) is 25.4 Å². The van der Waals surface area contributed by atoms with Gasteiger partial charge < -0.3 is 10.2 Å². The predicted molar refractivity (Wildman–Crippen MR) is 98.0 cm³/mol. The van der Waals surface area contributed by atoms with Crippen LogP contribution in [0.2, 0.25) is 0 Å². The second-order valence-electron chi connectivity index (χ2n) is 5.69. The lowest BCUT2D eigenvalue weighted by atomic mass is 10.1. The summed E-state index contributed by atoms with van der Waals surface area (Å²) in [4.78, 5) is 14.4. The molecule has 0 saturated carbocycles. The van der Waals surface area contributed by atoms with E-state index in [9.17, 15) is 9.18 Å². The van der Waals surface area contributed by atoms with Gasteiger partial charge in [0, 0.05) is 43.6 Å². The van der Waals surface area contributed by atoms with Crippen LogP contribution in [0.1, 0.15) is 25.3 Å². The van der Waals surface area contributed by atoms with Crippen LogP contribution in [0.3, 0.4) is 0 Å². The van der Waals surface area contributed by atoms with E-state index in [1.807, 2.05) is 22.7 Å². The number of benzene rings is 1. The van der Waals surface area contributed by atoms with Gasteiger partial charge in [0.25, 0.3) is 0 Å². The van der Waals surface area contributed by atoms with Gasteiger partial charge in [-0.2, -0.15) is 11.8 Å². The molecule has 1 fully saturated rings. The average Bonchev–Trinajstić information content (AvgIpc) is 2.52. The fourth-order valence-corrected chi connectivity index (χ4v) is 3.63. The van der Waals surface area contributed by atoms with E-state index in [2.05, 4.69) is 12.2 Å². The summed E-state index contributed by atoms with van der Waals surface area (Å²) in [5.41, 5.74) is 0.945. The highest BCUT2D eigenvalue weighted by atomic mass is 35.5. The molecule has 0 aliphatic carbocycles. The van der Waals surface area contributed by atoms with Gasteiger partial charge in [0.1, 0.15) is 5.82 Å². The van der Waals surface area contributed by atoms with E-state index in [-0.39, 0.29) is 24.1 Å². The molecule has 0 bridgehead atoms. The Kier molecular flexibility index (Phi) is 9.60. The molecule has 6 heteroatoms. The van der Waals surface area contributed by atoms with Gasteiger partial charge in [-0.05, 0) is 30.5 Å². The van der Waals surface area contributed by atoms with Gasteiger partial charge >= 0.3 is 0 Å². The lowest BCUT2D eigenvalue weighted by molar-refractivity contribution is -0.131. The van der Waals surface area contributed by atoms with Crippen LogP contribution in [0, 0.1) is 5.82 Å². The van der Waals surface area contributed by atoms with Crippen molar-refractivity contribution in [1.82, 2.24) is 10.2 Å². The fraction of sp³-hybridized carbons (Fsp3) is 0.588. The number of nitrogens with one attached hydrogen (secondary N) is 1. The van der Waals surface area contributed by atoms with E-state index < -0.39 is 0 Å². The van der Waals surface area contributed by atoms with Crippen molar-refractivity contribution < 1.29 is 9.18 Å². The SMILES string of the molecule is CCCN(CCc1cccc(F)c1)C(=O)CC1CSCCN1.Cl. The Morgan fingerprint density at radius 3 is 2.91 bits per heavy atom. The third-order valence-electron chi connectivity index (χ3n) is 3.83. The van der Waals surface area contributed by atoms with Crippen LogP contribution in [0.5, 0.6) is 0 Å². The maximum atomic E-state index is 13.2. The number of halogens is 2. The molecule has 3 nitrogen and oxygen atoms in total. The van der Waals surface area contributed by atoms with Crippen molar-refractivity contribution >= 4 is 30.1 Å². The second-order valence-corrected chi connectivity index (χ2v) is 6.84. The van der Waals surface area contributed by atoms with Gasteiger partial charge in [-0.25, -0.2) is 4.39 Å². The lowest BCUT2D eigenvalue weighted by Crippen LogP contribution is -2.43. The quantitative estimate of drug-likeness (QED) is 0.810. The van der Waals surface area contributed by atoms with Gasteiger partial charge in [0.05, 0.1) is 0 Å². The van der Waals surface area contributed by atoms with Gasteiger partial charge in [-0.1, -0.05) is 19.1 Å². The van der Waals surface area contributed by atoms with E-state index in [1.165, 1.54) is 6.07 Å². The smallest absolute Gasteiger partial charge is 0.224 e. The number of carbonyl (C=O) groups excluding carboxylic acids is 1. The zero-order valence-electron chi connectivity index (χ0n) is 13.6. The first-order valence-electron chi connectivity index (χ1n) is 8.02. The Bertz CT molecular complexity index is 483. The molecular formula is C17H26ClFN2OS. The van der Waals surface area contributed by atoms with Crippen molar-refractivity contribution in [3.05, 3.63) is 35.6 Å². The Morgan fingerprint density at radius 1 is 1.43 bits per heavy atom. The van der Waals surface area contributed by atoms with Crippen LogP contribution in [0.4, 0.5) is 4.39 Å². The largest absolute Gasteiger partial charge is 0.342 e.